The molecular formula is C11H16N2O5S2. The number of ether oxygens (including phenoxy) is 1. The van der Waals surface area contributed by atoms with Gasteiger partial charge in [-0.1, -0.05) is 0 Å². The molecule has 1 atom stereocenters. The maximum atomic E-state index is 12.4. The van der Waals surface area contributed by atoms with Crippen LogP contribution >= 0.6 is 11.3 Å². The van der Waals surface area contributed by atoms with Crippen molar-refractivity contribution in [1.29, 1.82) is 0 Å². The summed E-state index contributed by atoms with van der Waals surface area (Å²) in [6.45, 7) is 0.860. The maximum absolute atomic E-state index is 12.4. The van der Waals surface area contributed by atoms with Gasteiger partial charge in [0.1, 0.15) is 0 Å². The first-order valence-corrected chi connectivity index (χ1v) is 8.49. The van der Waals surface area contributed by atoms with Gasteiger partial charge in [0.05, 0.1) is 11.6 Å². The summed E-state index contributed by atoms with van der Waals surface area (Å²) in [6, 6.07) is 0. The summed E-state index contributed by atoms with van der Waals surface area (Å²) in [5, 5.41) is 8.96. The van der Waals surface area contributed by atoms with Crippen molar-refractivity contribution in [3.63, 3.8) is 0 Å². The van der Waals surface area contributed by atoms with Gasteiger partial charge in [0.15, 0.2) is 9.90 Å². The minimum Gasteiger partial charge on any atom is -0.476 e. The standard InChI is InChI=1S/C11H16N2O5S2/c1-13(6-8-4-2-3-5-18-8)20(16,17)11-9(10(14)15)12-7-19-11/h7-8H,2-6H2,1H3,(H,14,15). The van der Waals surface area contributed by atoms with Gasteiger partial charge < -0.3 is 9.84 Å². The van der Waals surface area contributed by atoms with Gasteiger partial charge in [-0.2, -0.15) is 4.31 Å². The fourth-order valence-electron chi connectivity index (χ4n) is 2.04. The van der Waals surface area contributed by atoms with Crippen LogP contribution in [-0.2, 0) is 14.8 Å². The first-order valence-electron chi connectivity index (χ1n) is 6.17. The first kappa shape index (κ1) is 15.4. The molecule has 1 saturated heterocycles. The van der Waals surface area contributed by atoms with Crippen LogP contribution in [-0.4, -0.2) is 55.1 Å². The fraction of sp³-hybridized carbons (Fsp3) is 0.636. The quantitative estimate of drug-likeness (QED) is 0.870. The average Bonchev–Trinajstić information content (AvgIpc) is 2.89. The van der Waals surface area contributed by atoms with E-state index in [2.05, 4.69) is 4.98 Å². The molecule has 1 N–H and O–H groups in total. The zero-order valence-corrected chi connectivity index (χ0v) is 12.6. The molecular weight excluding hydrogens is 304 g/mol. The monoisotopic (exact) mass is 320 g/mol. The zero-order chi connectivity index (χ0) is 14.8. The molecule has 1 aromatic rings. The lowest BCUT2D eigenvalue weighted by Crippen LogP contribution is -2.37. The molecule has 0 saturated carbocycles. The van der Waals surface area contributed by atoms with Crippen molar-refractivity contribution in [2.45, 2.75) is 29.6 Å². The van der Waals surface area contributed by atoms with Crippen molar-refractivity contribution in [3.05, 3.63) is 11.2 Å². The lowest BCUT2D eigenvalue weighted by Gasteiger charge is -2.26. The van der Waals surface area contributed by atoms with E-state index in [0.717, 1.165) is 34.9 Å². The van der Waals surface area contributed by atoms with Gasteiger partial charge in [-0.3, -0.25) is 0 Å². The van der Waals surface area contributed by atoms with Gasteiger partial charge in [0.2, 0.25) is 0 Å². The number of hydrogen-bond donors (Lipinski definition) is 1. The van der Waals surface area contributed by atoms with E-state index < -0.39 is 21.7 Å². The number of hydrogen-bond acceptors (Lipinski definition) is 6. The van der Waals surface area contributed by atoms with Crippen LogP contribution < -0.4 is 0 Å². The molecule has 2 rings (SSSR count). The molecule has 1 unspecified atom stereocenters. The molecule has 0 aliphatic carbocycles. The molecule has 1 aliphatic heterocycles. The van der Waals surface area contributed by atoms with E-state index in [-0.39, 0.29) is 16.9 Å². The van der Waals surface area contributed by atoms with Gasteiger partial charge in [0, 0.05) is 20.2 Å². The number of carboxylic acid groups (broad SMARTS) is 1. The summed E-state index contributed by atoms with van der Waals surface area (Å²) < 4.78 is 31.2. The summed E-state index contributed by atoms with van der Waals surface area (Å²) in [4.78, 5) is 14.6. The van der Waals surface area contributed by atoms with Crippen molar-refractivity contribution in [2.75, 3.05) is 20.2 Å². The van der Waals surface area contributed by atoms with Gasteiger partial charge in [-0.25, -0.2) is 18.2 Å². The largest absolute Gasteiger partial charge is 0.476 e. The average molecular weight is 320 g/mol. The molecule has 0 amide bonds. The van der Waals surface area contributed by atoms with E-state index in [1.807, 2.05) is 0 Å². The van der Waals surface area contributed by atoms with Crippen LogP contribution in [0.5, 0.6) is 0 Å². The highest BCUT2D eigenvalue weighted by Gasteiger charge is 2.31. The van der Waals surface area contributed by atoms with E-state index in [1.54, 1.807) is 0 Å². The number of carboxylic acids is 1. The number of aromatic carboxylic acids is 1. The summed E-state index contributed by atoms with van der Waals surface area (Å²) in [7, 11) is -2.41. The van der Waals surface area contributed by atoms with Crippen molar-refractivity contribution < 1.29 is 23.1 Å². The molecule has 7 nitrogen and oxygen atoms in total. The molecule has 1 fully saturated rings. The van der Waals surface area contributed by atoms with Crippen molar-refractivity contribution in [2.24, 2.45) is 0 Å². The lowest BCUT2D eigenvalue weighted by atomic mass is 10.1. The van der Waals surface area contributed by atoms with E-state index in [0.29, 0.717) is 6.61 Å². The van der Waals surface area contributed by atoms with E-state index in [1.165, 1.54) is 12.6 Å². The number of thiazole rings is 1. The van der Waals surface area contributed by atoms with E-state index >= 15 is 0 Å². The molecule has 2 heterocycles. The Morgan fingerprint density at radius 2 is 2.35 bits per heavy atom. The fourth-order valence-corrected chi connectivity index (χ4v) is 4.57. The highest BCUT2D eigenvalue weighted by Crippen LogP contribution is 2.24. The smallest absolute Gasteiger partial charge is 0.356 e. The highest BCUT2D eigenvalue weighted by atomic mass is 32.2. The van der Waals surface area contributed by atoms with Gasteiger partial charge in [-0.05, 0) is 19.3 Å². The number of likely N-dealkylation sites (N-methyl/N-ethyl adjacent to an activating group) is 1. The lowest BCUT2D eigenvalue weighted by molar-refractivity contribution is 0.00860. The van der Waals surface area contributed by atoms with Gasteiger partial charge in [0.25, 0.3) is 10.0 Å². The third-order valence-electron chi connectivity index (χ3n) is 3.12. The summed E-state index contributed by atoms with van der Waals surface area (Å²) in [5.41, 5.74) is 0.799. The van der Waals surface area contributed by atoms with Gasteiger partial charge in [-0.15, -0.1) is 11.3 Å². The predicted octanol–water partition coefficient (Wildman–Crippen LogP) is 1.03. The Bertz CT molecular complexity index is 577. The molecule has 9 heteroatoms. The van der Waals surface area contributed by atoms with Crippen LogP contribution in [0.3, 0.4) is 0 Å². The number of sulfonamides is 1. The van der Waals surface area contributed by atoms with Crippen LogP contribution in [0.4, 0.5) is 0 Å². The van der Waals surface area contributed by atoms with E-state index in [4.69, 9.17) is 9.84 Å². The molecule has 0 aromatic carbocycles. The maximum Gasteiger partial charge on any atom is 0.356 e. The first-order chi connectivity index (χ1) is 9.43. The Kier molecular flexibility index (Phi) is 4.74. The van der Waals surface area contributed by atoms with E-state index in [9.17, 15) is 13.2 Å². The Morgan fingerprint density at radius 3 is 2.95 bits per heavy atom. The Balaban J connectivity index is 2.16. The molecule has 1 aliphatic rings. The number of aromatic nitrogens is 1. The molecule has 20 heavy (non-hydrogen) atoms. The third kappa shape index (κ3) is 3.17. The second-order valence-electron chi connectivity index (χ2n) is 4.57. The molecule has 112 valence electrons. The topological polar surface area (TPSA) is 96.8 Å². The van der Waals surface area contributed by atoms with Crippen LogP contribution in [0.25, 0.3) is 0 Å². The second-order valence-corrected chi connectivity index (χ2v) is 7.66. The molecule has 0 spiro atoms. The number of nitrogens with zero attached hydrogens (tertiary/aromatic N) is 2. The zero-order valence-electron chi connectivity index (χ0n) is 11.0. The molecule has 1 aromatic heterocycles. The number of rotatable bonds is 5. The summed E-state index contributed by atoms with van der Waals surface area (Å²) in [6.07, 6.45) is 2.68. The molecule has 0 bridgehead atoms. The Hall–Kier alpha value is -1.03. The molecule has 0 radical (unpaired) electrons. The third-order valence-corrected chi connectivity index (χ3v) is 6.29. The Labute approximate surface area is 121 Å². The van der Waals surface area contributed by atoms with Crippen LogP contribution in [0, 0.1) is 0 Å². The minimum atomic E-state index is -3.84. The number of carbonyl (C=O) groups is 1. The summed E-state index contributed by atoms with van der Waals surface area (Å²) in [5.74, 6) is -1.34. The predicted molar refractivity (Wildman–Crippen MR) is 72.5 cm³/mol. The minimum absolute atomic E-state index is 0.135. The van der Waals surface area contributed by atoms with Crippen LogP contribution in [0.1, 0.15) is 29.8 Å². The normalized spacial score (nSPS) is 20.2. The van der Waals surface area contributed by atoms with Gasteiger partial charge >= 0.3 is 5.97 Å². The highest BCUT2D eigenvalue weighted by molar-refractivity contribution is 7.91. The van der Waals surface area contributed by atoms with Crippen LogP contribution in [0.2, 0.25) is 0 Å². The van der Waals surface area contributed by atoms with Crippen LogP contribution in [0.15, 0.2) is 9.72 Å². The SMILES string of the molecule is CN(CC1CCCCO1)S(=O)(=O)c1scnc1C(=O)O. The Morgan fingerprint density at radius 1 is 1.60 bits per heavy atom. The summed E-state index contributed by atoms with van der Waals surface area (Å²) >= 11 is 0.813. The van der Waals surface area contributed by atoms with Crippen molar-refractivity contribution >= 4 is 27.3 Å². The van der Waals surface area contributed by atoms with Crippen molar-refractivity contribution in [1.82, 2.24) is 9.29 Å². The van der Waals surface area contributed by atoms with Crippen molar-refractivity contribution in [3.8, 4) is 0 Å². The second kappa shape index (κ2) is 6.17.